The zero-order valence-electron chi connectivity index (χ0n) is 56.0. The van der Waals surface area contributed by atoms with Gasteiger partial charge in [0.2, 0.25) is 0 Å². The monoisotopic (exact) mass is 1160 g/mol. The molecule has 0 amide bonds. The first-order valence-electron chi connectivity index (χ1n) is 37.1. The molecule has 0 aromatic carbocycles. The maximum absolute atomic E-state index is 12.9. The van der Waals surface area contributed by atoms with E-state index in [9.17, 15) is 14.4 Å². The highest BCUT2D eigenvalue weighted by Crippen LogP contribution is 2.19. The van der Waals surface area contributed by atoms with Gasteiger partial charge >= 0.3 is 17.9 Å². The largest absolute Gasteiger partial charge is 0.462 e. The number of rotatable bonds is 69. The van der Waals surface area contributed by atoms with Crippen molar-refractivity contribution in [3.05, 3.63) is 48.6 Å². The van der Waals surface area contributed by atoms with Gasteiger partial charge in [-0.1, -0.05) is 352 Å². The molecule has 83 heavy (non-hydrogen) atoms. The van der Waals surface area contributed by atoms with Crippen molar-refractivity contribution in [2.45, 2.75) is 412 Å². The first-order valence-corrected chi connectivity index (χ1v) is 37.1. The highest BCUT2D eigenvalue weighted by atomic mass is 16.6. The van der Waals surface area contributed by atoms with Gasteiger partial charge in [0.25, 0.3) is 0 Å². The van der Waals surface area contributed by atoms with Crippen LogP contribution < -0.4 is 0 Å². The zero-order chi connectivity index (χ0) is 59.9. The maximum atomic E-state index is 12.9. The third kappa shape index (κ3) is 70.0. The van der Waals surface area contributed by atoms with Crippen LogP contribution in [0.3, 0.4) is 0 Å². The highest BCUT2D eigenvalue weighted by molar-refractivity contribution is 5.71. The molecule has 0 aliphatic heterocycles. The molecule has 0 fully saturated rings. The van der Waals surface area contributed by atoms with Gasteiger partial charge in [0, 0.05) is 19.3 Å². The predicted octanol–water partition coefficient (Wildman–Crippen LogP) is 25.7. The predicted molar refractivity (Wildman–Crippen MR) is 362 cm³/mol. The van der Waals surface area contributed by atoms with Crippen molar-refractivity contribution in [2.24, 2.45) is 0 Å². The molecule has 0 aliphatic carbocycles. The van der Waals surface area contributed by atoms with E-state index in [-0.39, 0.29) is 31.1 Å². The summed E-state index contributed by atoms with van der Waals surface area (Å²) in [6.45, 7) is 6.67. The quantitative estimate of drug-likeness (QED) is 0.0261. The SMILES string of the molecule is CCCCCCC/C=C\C/C=C\CCCCCCCCCCCCCCCCCCCCCC(=O)OCC(COC(=O)CCCCCCCCCCC)OC(=O)CCCCCCCCCCCCCCC/C=C\C/C=C\CCCCCCC. The van der Waals surface area contributed by atoms with E-state index < -0.39 is 6.10 Å². The van der Waals surface area contributed by atoms with Crippen LogP contribution in [0.1, 0.15) is 406 Å². The van der Waals surface area contributed by atoms with Gasteiger partial charge in [-0.15, -0.1) is 0 Å². The van der Waals surface area contributed by atoms with Gasteiger partial charge in [0.15, 0.2) is 6.10 Å². The summed E-state index contributed by atoms with van der Waals surface area (Å²) in [4.78, 5) is 38.3. The minimum absolute atomic E-state index is 0.0675. The number of esters is 3. The summed E-state index contributed by atoms with van der Waals surface area (Å²) >= 11 is 0. The summed E-state index contributed by atoms with van der Waals surface area (Å²) in [7, 11) is 0. The zero-order valence-corrected chi connectivity index (χ0v) is 56.0. The van der Waals surface area contributed by atoms with Gasteiger partial charge < -0.3 is 14.2 Å². The number of carbonyl (C=O) groups excluding carboxylic acids is 3. The summed E-state index contributed by atoms with van der Waals surface area (Å²) in [5, 5.41) is 0. The molecule has 486 valence electrons. The van der Waals surface area contributed by atoms with Crippen LogP contribution in [-0.2, 0) is 28.6 Å². The Morgan fingerprint density at radius 2 is 0.434 bits per heavy atom. The lowest BCUT2D eigenvalue weighted by molar-refractivity contribution is -0.167. The third-order valence-corrected chi connectivity index (χ3v) is 16.8. The third-order valence-electron chi connectivity index (χ3n) is 16.8. The van der Waals surface area contributed by atoms with E-state index in [1.807, 2.05) is 0 Å². The molecule has 6 nitrogen and oxygen atoms in total. The van der Waals surface area contributed by atoms with Crippen LogP contribution in [0.25, 0.3) is 0 Å². The Labute approximate surface area is 518 Å². The van der Waals surface area contributed by atoms with Gasteiger partial charge in [-0.25, -0.2) is 0 Å². The summed E-state index contributed by atoms with van der Waals surface area (Å²) in [6, 6.07) is 0. The van der Waals surface area contributed by atoms with E-state index in [1.165, 1.54) is 295 Å². The maximum Gasteiger partial charge on any atom is 0.306 e. The summed E-state index contributed by atoms with van der Waals surface area (Å²) < 4.78 is 17.0. The second kappa shape index (κ2) is 71.8. The lowest BCUT2D eigenvalue weighted by atomic mass is 10.0. The van der Waals surface area contributed by atoms with Crippen LogP contribution in [-0.4, -0.2) is 37.2 Å². The fraction of sp³-hybridized carbons (Fsp3) is 0.857. The minimum atomic E-state index is -0.770. The molecule has 1 unspecified atom stereocenters. The van der Waals surface area contributed by atoms with E-state index in [2.05, 4.69) is 69.4 Å². The van der Waals surface area contributed by atoms with E-state index in [1.54, 1.807) is 0 Å². The van der Waals surface area contributed by atoms with E-state index in [4.69, 9.17) is 14.2 Å². The highest BCUT2D eigenvalue weighted by Gasteiger charge is 2.19. The number of allylic oxidation sites excluding steroid dienone is 8. The van der Waals surface area contributed by atoms with Crippen molar-refractivity contribution in [3.8, 4) is 0 Å². The molecule has 0 aliphatic rings. The Morgan fingerprint density at radius 3 is 0.663 bits per heavy atom. The van der Waals surface area contributed by atoms with Gasteiger partial charge in [0.1, 0.15) is 13.2 Å². The molecule has 0 spiro atoms. The van der Waals surface area contributed by atoms with E-state index >= 15 is 0 Å². The van der Waals surface area contributed by atoms with Gasteiger partial charge in [0.05, 0.1) is 0 Å². The molecular weight excluding hydrogens is 1020 g/mol. The van der Waals surface area contributed by atoms with E-state index in [0.29, 0.717) is 19.3 Å². The van der Waals surface area contributed by atoms with Crippen LogP contribution in [0.5, 0.6) is 0 Å². The molecule has 0 bridgehead atoms. The number of hydrogen-bond donors (Lipinski definition) is 0. The molecule has 6 heteroatoms. The first-order chi connectivity index (χ1) is 41.0. The fourth-order valence-electron chi connectivity index (χ4n) is 11.2. The molecule has 0 N–H and O–H groups in total. The standard InChI is InChI=1S/C77H142O6/c1-4-7-10-13-16-19-21-23-25-27-29-31-33-35-36-37-38-39-40-42-43-45-47-49-51-53-55-58-61-64-67-70-76(79)82-73-74(72-81-75(78)69-66-63-60-57-18-15-12-9-6-3)83-77(80)71-68-65-62-59-56-54-52-50-48-46-44-41-34-32-30-28-26-24-22-20-17-14-11-8-5-2/h21-24,27-30,74H,4-20,25-26,31-73H2,1-3H3/b23-21-,24-22-,29-27-,30-28-. The average Bonchev–Trinajstić information content (AvgIpc) is 3.49. The summed E-state index contributed by atoms with van der Waals surface area (Å²) in [5.41, 5.74) is 0. The van der Waals surface area contributed by atoms with Crippen molar-refractivity contribution in [2.75, 3.05) is 13.2 Å². The molecule has 0 rings (SSSR count). The average molecular weight is 1160 g/mol. The first kappa shape index (κ1) is 80.4. The second-order valence-corrected chi connectivity index (χ2v) is 25.2. The Kier molecular flexibility index (Phi) is 69.6. The molecule has 0 radical (unpaired) electrons. The second-order valence-electron chi connectivity index (χ2n) is 25.2. The molecule has 0 aromatic heterocycles. The van der Waals surface area contributed by atoms with Crippen LogP contribution in [0, 0.1) is 0 Å². The molecule has 0 saturated heterocycles. The van der Waals surface area contributed by atoms with Crippen LogP contribution in [0.15, 0.2) is 48.6 Å². The normalized spacial score (nSPS) is 12.3. The Bertz CT molecular complexity index is 1430. The van der Waals surface area contributed by atoms with Crippen LogP contribution in [0.2, 0.25) is 0 Å². The van der Waals surface area contributed by atoms with Crippen LogP contribution in [0.4, 0.5) is 0 Å². The van der Waals surface area contributed by atoms with E-state index in [0.717, 1.165) is 70.6 Å². The van der Waals surface area contributed by atoms with Gasteiger partial charge in [-0.05, 0) is 83.5 Å². The summed E-state index contributed by atoms with van der Waals surface area (Å²) in [6.07, 6.45) is 91.7. The van der Waals surface area contributed by atoms with Crippen molar-refractivity contribution in [1.29, 1.82) is 0 Å². The van der Waals surface area contributed by atoms with Gasteiger partial charge in [-0.3, -0.25) is 14.4 Å². The van der Waals surface area contributed by atoms with Crippen molar-refractivity contribution in [1.82, 2.24) is 0 Å². The topological polar surface area (TPSA) is 78.9 Å². The molecule has 0 saturated carbocycles. The van der Waals surface area contributed by atoms with Gasteiger partial charge in [-0.2, -0.15) is 0 Å². The molecular formula is C77H142O6. The fourth-order valence-corrected chi connectivity index (χ4v) is 11.2. The Balaban J connectivity index is 4.07. The van der Waals surface area contributed by atoms with Crippen LogP contribution >= 0.6 is 0 Å². The summed E-state index contributed by atoms with van der Waals surface area (Å²) in [5.74, 6) is -0.844. The lowest BCUT2D eigenvalue weighted by Gasteiger charge is -2.18. The Morgan fingerprint density at radius 1 is 0.241 bits per heavy atom. The smallest absolute Gasteiger partial charge is 0.306 e. The van der Waals surface area contributed by atoms with Crippen molar-refractivity contribution in [3.63, 3.8) is 0 Å². The molecule has 1 atom stereocenters. The minimum Gasteiger partial charge on any atom is -0.462 e. The molecule has 0 aromatic rings. The lowest BCUT2D eigenvalue weighted by Crippen LogP contribution is -2.30. The molecule has 0 heterocycles. The number of carbonyl (C=O) groups is 3. The number of unbranched alkanes of at least 4 members (excludes halogenated alkanes) is 50. The number of ether oxygens (including phenoxy) is 3. The van der Waals surface area contributed by atoms with Crippen molar-refractivity contribution < 1.29 is 28.6 Å². The Hall–Kier alpha value is -2.63. The number of hydrogen-bond acceptors (Lipinski definition) is 6. The van der Waals surface area contributed by atoms with Crippen molar-refractivity contribution >= 4 is 17.9 Å².